The van der Waals surface area contributed by atoms with Crippen molar-refractivity contribution in [2.24, 2.45) is 0 Å². The Hall–Kier alpha value is -4.26. The topological polar surface area (TPSA) is 107 Å². The third-order valence-corrected chi connectivity index (χ3v) is 7.36. The highest BCUT2D eigenvalue weighted by Crippen LogP contribution is 2.36. The molecule has 1 fully saturated rings. The average molecular weight is 557 g/mol. The van der Waals surface area contributed by atoms with E-state index in [0.29, 0.717) is 39.3 Å². The Morgan fingerprint density at radius 3 is 2.76 bits per heavy atom. The van der Waals surface area contributed by atoms with Crippen LogP contribution in [0, 0.1) is 11.3 Å². The lowest BCUT2D eigenvalue weighted by Gasteiger charge is -2.32. The van der Waals surface area contributed by atoms with Gasteiger partial charge in [-0.1, -0.05) is 30.3 Å². The number of rotatable bonds is 10. The van der Waals surface area contributed by atoms with Crippen molar-refractivity contribution in [2.45, 2.75) is 32.0 Å². The van der Waals surface area contributed by atoms with E-state index in [4.69, 9.17) is 14.2 Å². The molecule has 3 aromatic rings. The molecule has 0 radical (unpaired) electrons. The summed E-state index contributed by atoms with van der Waals surface area (Å²) in [4.78, 5) is 17.7. The van der Waals surface area contributed by atoms with Gasteiger partial charge >= 0.3 is 0 Å². The Bertz CT molecular complexity index is 1410. The smallest absolute Gasteiger partial charge is 0.261 e. The summed E-state index contributed by atoms with van der Waals surface area (Å²) in [5.41, 5.74) is 4.28. The molecular formula is C32H36N4O5. The molecule has 2 aliphatic heterocycles. The standard InChI is InChI=1S/C32H36N4O5/c1-35(2)11-13-40-26-16-24-8-10-36(19-27(24)28(17-26)34-25-9-12-39-21-25)32(38)31-29(37)14-23(18-33)15-30(31)41-20-22-6-4-3-5-7-22/h3-7,14-17,25,34,37H,8-13,19-21H2,1-2H3/t25-/m1/s1. The number of aromatic hydroxyl groups is 1. The van der Waals surface area contributed by atoms with Gasteiger partial charge in [-0.05, 0) is 61.8 Å². The maximum Gasteiger partial charge on any atom is 0.261 e. The first-order valence-corrected chi connectivity index (χ1v) is 13.9. The van der Waals surface area contributed by atoms with Crippen LogP contribution in [0.2, 0.25) is 0 Å². The number of ether oxygens (including phenoxy) is 3. The van der Waals surface area contributed by atoms with E-state index in [1.165, 1.54) is 12.1 Å². The number of nitrogens with one attached hydrogen (secondary N) is 1. The van der Waals surface area contributed by atoms with Crippen LogP contribution in [0.5, 0.6) is 17.2 Å². The molecule has 214 valence electrons. The minimum absolute atomic E-state index is 0.0609. The molecule has 41 heavy (non-hydrogen) atoms. The van der Waals surface area contributed by atoms with Gasteiger partial charge in [-0.2, -0.15) is 5.26 Å². The van der Waals surface area contributed by atoms with Gasteiger partial charge in [0.15, 0.2) is 0 Å². The first-order valence-electron chi connectivity index (χ1n) is 13.9. The van der Waals surface area contributed by atoms with Crippen molar-refractivity contribution >= 4 is 11.6 Å². The molecule has 3 aromatic carbocycles. The number of nitriles is 1. The lowest BCUT2D eigenvalue weighted by Crippen LogP contribution is -2.37. The zero-order chi connectivity index (χ0) is 28.8. The number of amides is 1. The van der Waals surface area contributed by atoms with Crippen molar-refractivity contribution in [3.8, 4) is 23.3 Å². The zero-order valence-electron chi connectivity index (χ0n) is 23.6. The van der Waals surface area contributed by atoms with Gasteiger partial charge in [0.2, 0.25) is 0 Å². The van der Waals surface area contributed by atoms with E-state index in [1.807, 2.05) is 56.6 Å². The molecule has 1 atom stereocenters. The highest BCUT2D eigenvalue weighted by Gasteiger charge is 2.30. The van der Waals surface area contributed by atoms with Crippen molar-refractivity contribution in [3.63, 3.8) is 0 Å². The molecule has 2 heterocycles. The molecule has 2 N–H and O–H groups in total. The Morgan fingerprint density at radius 2 is 2.02 bits per heavy atom. The highest BCUT2D eigenvalue weighted by atomic mass is 16.5. The SMILES string of the molecule is CN(C)CCOc1cc2c(c(N[C@@H]3CCOC3)c1)CN(C(=O)c1c(O)cc(C#N)cc1OCc1ccccc1)CC2. The third kappa shape index (κ3) is 6.91. The third-order valence-electron chi connectivity index (χ3n) is 7.36. The number of anilines is 1. The number of phenols is 1. The van der Waals surface area contributed by atoms with E-state index < -0.39 is 0 Å². The quantitative estimate of drug-likeness (QED) is 0.383. The van der Waals surface area contributed by atoms with Gasteiger partial charge in [0.25, 0.3) is 5.91 Å². The number of benzene rings is 3. The summed E-state index contributed by atoms with van der Waals surface area (Å²) in [5, 5.41) is 24.0. The van der Waals surface area contributed by atoms with Crippen LogP contribution in [0.15, 0.2) is 54.6 Å². The Kier molecular flexibility index (Phi) is 8.92. The second kappa shape index (κ2) is 12.9. The van der Waals surface area contributed by atoms with Gasteiger partial charge in [-0.25, -0.2) is 0 Å². The van der Waals surface area contributed by atoms with E-state index in [1.54, 1.807) is 4.90 Å². The first-order chi connectivity index (χ1) is 19.9. The molecule has 1 amide bonds. The largest absolute Gasteiger partial charge is 0.507 e. The van der Waals surface area contributed by atoms with E-state index in [9.17, 15) is 15.2 Å². The van der Waals surface area contributed by atoms with E-state index in [2.05, 4.69) is 16.3 Å². The summed E-state index contributed by atoms with van der Waals surface area (Å²) < 4.78 is 17.7. The van der Waals surface area contributed by atoms with E-state index >= 15 is 0 Å². The number of carbonyl (C=O) groups is 1. The van der Waals surface area contributed by atoms with Gasteiger partial charge in [0.05, 0.1) is 24.3 Å². The second-order valence-corrected chi connectivity index (χ2v) is 10.7. The number of hydrogen-bond donors (Lipinski definition) is 2. The number of carbonyl (C=O) groups excluding carboxylic acids is 1. The zero-order valence-corrected chi connectivity index (χ0v) is 23.6. The molecule has 5 rings (SSSR count). The summed E-state index contributed by atoms with van der Waals surface area (Å²) in [6, 6.07) is 18.7. The minimum atomic E-state index is -0.345. The van der Waals surface area contributed by atoms with Crippen molar-refractivity contribution in [1.82, 2.24) is 9.80 Å². The van der Waals surface area contributed by atoms with Gasteiger partial charge in [0, 0.05) is 38.0 Å². The van der Waals surface area contributed by atoms with Crippen LogP contribution >= 0.6 is 0 Å². The molecule has 1 saturated heterocycles. The van der Waals surface area contributed by atoms with Crippen molar-refractivity contribution in [3.05, 3.63) is 82.4 Å². The summed E-state index contributed by atoms with van der Waals surface area (Å²) in [7, 11) is 4.03. The molecule has 0 bridgehead atoms. The molecule has 0 spiro atoms. The highest BCUT2D eigenvalue weighted by molar-refractivity contribution is 6.00. The maximum atomic E-state index is 13.9. The summed E-state index contributed by atoms with van der Waals surface area (Å²) in [6.45, 7) is 3.76. The fourth-order valence-electron chi connectivity index (χ4n) is 5.13. The van der Waals surface area contributed by atoms with Crippen LogP contribution in [-0.4, -0.2) is 73.9 Å². The molecule has 9 heteroatoms. The summed E-state index contributed by atoms with van der Waals surface area (Å²) in [6.07, 6.45) is 1.55. The van der Waals surface area contributed by atoms with Crippen molar-refractivity contribution in [1.29, 1.82) is 5.26 Å². The van der Waals surface area contributed by atoms with Gasteiger partial charge < -0.3 is 34.4 Å². The van der Waals surface area contributed by atoms with Crippen LogP contribution in [0.1, 0.15) is 39.0 Å². The number of nitrogens with zero attached hydrogens (tertiary/aromatic N) is 3. The molecule has 0 aliphatic carbocycles. The Labute approximate surface area is 240 Å². The second-order valence-electron chi connectivity index (χ2n) is 10.7. The fourth-order valence-corrected chi connectivity index (χ4v) is 5.13. The van der Waals surface area contributed by atoms with E-state index in [0.717, 1.165) is 41.1 Å². The number of hydrogen-bond acceptors (Lipinski definition) is 8. The first kappa shape index (κ1) is 28.3. The van der Waals surface area contributed by atoms with E-state index in [-0.39, 0.29) is 41.2 Å². The van der Waals surface area contributed by atoms with Gasteiger partial charge in [-0.3, -0.25) is 4.79 Å². The maximum absolute atomic E-state index is 13.9. The van der Waals surface area contributed by atoms with Gasteiger partial charge in [0.1, 0.15) is 36.0 Å². The lowest BCUT2D eigenvalue weighted by molar-refractivity contribution is 0.0726. The van der Waals surface area contributed by atoms with Crippen molar-refractivity contribution in [2.75, 3.05) is 52.3 Å². The number of phenolic OH excluding ortho intramolecular Hbond substituents is 1. The number of likely N-dealkylation sites (N-methyl/N-ethyl adjacent to an activating group) is 1. The Morgan fingerprint density at radius 1 is 1.20 bits per heavy atom. The molecule has 0 saturated carbocycles. The van der Waals surface area contributed by atoms with Crippen LogP contribution in [0.4, 0.5) is 5.69 Å². The Balaban J connectivity index is 1.41. The monoisotopic (exact) mass is 556 g/mol. The molecule has 0 aromatic heterocycles. The molecule has 2 aliphatic rings. The van der Waals surface area contributed by atoms with Gasteiger partial charge in [-0.15, -0.1) is 0 Å². The van der Waals surface area contributed by atoms with Crippen molar-refractivity contribution < 1.29 is 24.1 Å². The summed E-state index contributed by atoms with van der Waals surface area (Å²) >= 11 is 0. The fraction of sp³-hybridized carbons (Fsp3) is 0.375. The average Bonchev–Trinajstić information content (AvgIpc) is 3.49. The number of fused-ring (bicyclic) bond motifs is 1. The predicted molar refractivity (Wildman–Crippen MR) is 155 cm³/mol. The molecule has 9 nitrogen and oxygen atoms in total. The predicted octanol–water partition coefficient (Wildman–Crippen LogP) is 4.18. The van der Waals surface area contributed by atoms with Crippen LogP contribution in [0.25, 0.3) is 0 Å². The molecule has 0 unspecified atom stereocenters. The minimum Gasteiger partial charge on any atom is -0.507 e. The van der Waals surface area contributed by atoms with Crippen LogP contribution in [0.3, 0.4) is 0 Å². The van der Waals surface area contributed by atoms with Crippen LogP contribution < -0.4 is 14.8 Å². The van der Waals surface area contributed by atoms with Crippen LogP contribution in [-0.2, 0) is 24.3 Å². The summed E-state index contributed by atoms with van der Waals surface area (Å²) in [5.74, 6) is 0.372. The molecular weight excluding hydrogens is 520 g/mol. The normalized spacial score (nSPS) is 16.2. The lowest BCUT2D eigenvalue weighted by atomic mass is 9.96.